The normalized spacial score (nSPS) is 10.4. The molecule has 0 aliphatic carbocycles. The summed E-state index contributed by atoms with van der Waals surface area (Å²) in [5.74, 6) is -0.552. The highest BCUT2D eigenvalue weighted by Crippen LogP contribution is 2.30. The van der Waals surface area contributed by atoms with Crippen molar-refractivity contribution in [2.75, 3.05) is 7.11 Å². The van der Waals surface area contributed by atoms with E-state index in [9.17, 15) is 9.90 Å². The van der Waals surface area contributed by atoms with Gasteiger partial charge in [-0.05, 0) is 29.3 Å². The zero-order valence-corrected chi connectivity index (χ0v) is 9.15. The number of aromatic hydroxyl groups is 1. The fourth-order valence-electron chi connectivity index (χ4n) is 1.87. The van der Waals surface area contributed by atoms with Crippen LogP contribution in [-0.2, 0) is 4.74 Å². The van der Waals surface area contributed by atoms with Gasteiger partial charge in [-0.15, -0.1) is 0 Å². The Kier molecular flexibility index (Phi) is 2.52. The van der Waals surface area contributed by atoms with Gasteiger partial charge in [-0.25, -0.2) is 4.79 Å². The highest BCUT2D eigenvalue weighted by Gasteiger charge is 2.16. The number of rotatable bonds is 1. The quantitative estimate of drug-likeness (QED) is 0.745. The Bertz CT molecular complexity index is 558. The van der Waals surface area contributed by atoms with Crippen LogP contribution in [0.3, 0.4) is 0 Å². The molecule has 0 spiro atoms. The first-order chi connectivity index (χ1) is 7.65. The molecule has 0 radical (unpaired) electrons. The molecule has 0 aromatic heterocycles. The molecule has 16 heavy (non-hydrogen) atoms. The van der Waals surface area contributed by atoms with Crippen molar-refractivity contribution in [3.05, 3.63) is 41.5 Å². The maximum Gasteiger partial charge on any atom is 0.341 e. The number of fused-ring (bicyclic) bond motifs is 1. The second-order valence-corrected chi connectivity index (χ2v) is 3.61. The largest absolute Gasteiger partial charge is 0.507 e. The van der Waals surface area contributed by atoms with Crippen LogP contribution in [-0.4, -0.2) is 18.2 Å². The molecule has 0 saturated carbocycles. The summed E-state index contributed by atoms with van der Waals surface area (Å²) in [4.78, 5) is 11.5. The van der Waals surface area contributed by atoms with Gasteiger partial charge in [0.2, 0.25) is 0 Å². The minimum absolute atomic E-state index is 0.0388. The Morgan fingerprint density at radius 1 is 1.31 bits per heavy atom. The fraction of sp³-hybridized carbons (Fsp3) is 0.154. The van der Waals surface area contributed by atoms with Crippen LogP contribution in [0.1, 0.15) is 15.9 Å². The Morgan fingerprint density at radius 2 is 2.00 bits per heavy atom. The molecule has 82 valence electrons. The SMILES string of the molecule is COC(=O)c1c(O)cc2ccccc2c1C. The fourth-order valence-corrected chi connectivity index (χ4v) is 1.87. The summed E-state index contributed by atoms with van der Waals surface area (Å²) in [6.07, 6.45) is 0. The van der Waals surface area contributed by atoms with Gasteiger partial charge in [0, 0.05) is 0 Å². The summed E-state index contributed by atoms with van der Waals surface area (Å²) < 4.78 is 4.65. The van der Waals surface area contributed by atoms with E-state index in [1.807, 2.05) is 24.3 Å². The number of aryl methyl sites for hydroxylation is 1. The third-order valence-electron chi connectivity index (χ3n) is 2.68. The first-order valence-corrected chi connectivity index (χ1v) is 4.94. The second kappa shape index (κ2) is 3.85. The Hall–Kier alpha value is -2.03. The van der Waals surface area contributed by atoms with Gasteiger partial charge in [0.25, 0.3) is 0 Å². The molecular formula is C13H12O3. The van der Waals surface area contributed by atoms with E-state index in [0.29, 0.717) is 0 Å². The number of benzene rings is 2. The van der Waals surface area contributed by atoms with Crippen LogP contribution in [0.15, 0.2) is 30.3 Å². The zero-order valence-electron chi connectivity index (χ0n) is 9.15. The molecule has 2 rings (SSSR count). The summed E-state index contributed by atoms with van der Waals surface area (Å²) >= 11 is 0. The molecule has 0 heterocycles. The van der Waals surface area contributed by atoms with E-state index < -0.39 is 5.97 Å². The maximum absolute atomic E-state index is 11.5. The molecule has 0 atom stereocenters. The number of hydrogen-bond donors (Lipinski definition) is 1. The number of carbonyl (C=O) groups excluding carboxylic acids is 1. The van der Waals surface area contributed by atoms with Crippen molar-refractivity contribution in [1.29, 1.82) is 0 Å². The van der Waals surface area contributed by atoms with Crippen molar-refractivity contribution in [2.45, 2.75) is 6.92 Å². The lowest BCUT2D eigenvalue weighted by atomic mass is 9.99. The van der Waals surface area contributed by atoms with Crippen LogP contribution in [0.25, 0.3) is 10.8 Å². The molecular weight excluding hydrogens is 204 g/mol. The molecule has 2 aromatic carbocycles. The van der Waals surface area contributed by atoms with Gasteiger partial charge in [0.05, 0.1) is 7.11 Å². The average molecular weight is 216 g/mol. The lowest BCUT2D eigenvalue weighted by molar-refractivity contribution is 0.0597. The molecule has 0 bridgehead atoms. The molecule has 0 unspecified atom stereocenters. The van der Waals surface area contributed by atoms with Crippen LogP contribution in [0.4, 0.5) is 0 Å². The smallest absolute Gasteiger partial charge is 0.341 e. The lowest BCUT2D eigenvalue weighted by Crippen LogP contribution is -2.04. The Labute approximate surface area is 93.3 Å². The molecule has 2 aromatic rings. The molecule has 0 aliphatic heterocycles. The topological polar surface area (TPSA) is 46.5 Å². The van der Waals surface area contributed by atoms with Crippen LogP contribution in [0, 0.1) is 6.92 Å². The molecule has 1 N–H and O–H groups in total. The summed E-state index contributed by atoms with van der Waals surface area (Å²) in [5, 5.41) is 11.6. The third kappa shape index (κ3) is 1.50. The van der Waals surface area contributed by atoms with E-state index in [-0.39, 0.29) is 11.3 Å². The van der Waals surface area contributed by atoms with E-state index in [2.05, 4.69) is 4.74 Å². The average Bonchev–Trinajstić information content (AvgIpc) is 2.28. The van der Waals surface area contributed by atoms with Crippen molar-refractivity contribution in [1.82, 2.24) is 0 Å². The molecule has 3 heteroatoms. The number of phenolic OH excluding ortho intramolecular Hbond substituents is 1. The van der Waals surface area contributed by atoms with Gasteiger partial charge in [0.15, 0.2) is 0 Å². The van der Waals surface area contributed by atoms with Gasteiger partial charge >= 0.3 is 5.97 Å². The summed E-state index contributed by atoms with van der Waals surface area (Å²) in [7, 11) is 1.30. The monoisotopic (exact) mass is 216 g/mol. The van der Waals surface area contributed by atoms with Crippen molar-refractivity contribution in [3.8, 4) is 5.75 Å². The maximum atomic E-state index is 11.5. The standard InChI is InChI=1S/C13H12O3/c1-8-10-6-4-3-5-9(10)7-11(14)12(8)13(15)16-2/h3-7,14H,1-2H3. The van der Waals surface area contributed by atoms with Gasteiger partial charge in [0.1, 0.15) is 11.3 Å². The summed E-state index contributed by atoms with van der Waals surface area (Å²) in [5.41, 5.74) is 0.976. The van der Waals surface area contributed by atoms with E-state index in [1.54, 1.807) is 13.0 Å². The van der Waals surface area contributed by atoms with E-state index in [4.69, 9.17) is 0 Å². The van der Waals surface area contributed by atoms with Gasteiger partial charge in [-0.1, -0.05) is 24.3 Å². The van der Waals surface area contributed by atoms with E-state index in [0.717, 1.165) is 16.3 Å². The number of phenols is 1. The van der Waals surface area contributed by atoms with Crippen LogP contribution < -0.4 is 0 Å². The van der Waals surface area contributed by atoms with Crippen molar-refractivity contribution in [2.24, 2.45) is 0 Å². The molecule has 3 nitrogen and oxygen atoms in total. The number of ether oxygens (including phenoxy) is 1. The highest BCUT2D eigenvalue weighted by atomic mass is 16.5. The van der Waals surface area contributed by atoms with Crippen molar-refractivity contribution in [3.63, 3.8) is 0 Å². The first-order valence-electron chi connectivity index (χ1n) is 4.94. The first kappa shape index (κ1) is 10.5. The number of methoxy groups -OCH3 is 1. The van der Waals surface area contributed by atoms with Gasteiger partial charge in [-0.3, -0.25) is 0 Å². The predicted octanol–water partition coefficient (Wildman–Crippen LogP) is 2.64. The van der Waals surface area contributed by atoms with Gasteiger partial charge in [-0.2, -0.15) is 0 Å². The lowest BCUT2D eigenvalue weighted by Gasteiger charge is -2.09. The summed E-state index contributed by atoms with van der Waals surface area (Å²) in [6.45, 7) is 1.80. The van der Waals surface area contributed by atoms with Crippen LogP contribution in [0.2, 0.25) is 0 Å². The number of esters is 1. The number of hydrogen-bond acceptors (Lipinski definition) is 3. The minimum Gasteiger partial charge on any atom is -0.507 e. The molecule has 0 amide bonds. The predicted molar refractivity (Wildman–Crippen MR) is 61.7 cm³/mol. The van der Waals surface area contributed by atoms with E-state index >= 15 is 0 Å². The van der Waals surface area contributed by atoms with Gasteiger partial charge < -0.3 is 9.84 Å². The number of carbonyl (C=O) groups is 1. The van der Waals surface area contributed by atoms with E-state index in [1.165, 1.54) is 7.11 Å². The van der Waals surface area contributed by atoms with Crippen LogP contribution in [0.5, 0.6) is 5.75 Å². The molecule has 0 aliphatic rings. The zero-order chi connectivity index (χ0) is 11.7. The third-order valence-corrected chi connectivity index (χ3v) is 2.68. The second-order valence-electron chi connectivity index (χ2n) is 3.61. The van der Waals surface area contributed by atoms with Crippen molar-refractivity contribution < 1.29 is 14.6 Å². The van der Waals surface area contributed by atoms with Crippen LogP contribution >= 0.6 is 0 Å². The Morgan fingerprint density at radius 3 is 2.69 bits per heavy atom. The Balaban J connectivity index is 2.80. The molecule has 0 fully saturated rings. The minimum atomic E-state index is -0.513. The van der Waals surface area contributed by atoms with Crippen molar-refractivity contribution >= 4 is 16.7 Å². The molecule has 0 saturated heterocycles. The highest BCUT2D eigenvalue weighted by molar-refractivity contribution is 6.01. The summed E-state index contributed by atoms with van der Waals surface area (Å²) in [6, 6.07) is 9.17.